The first-order valence-corrected chi connectivity index (χ1v) is 16.8. The van der Waals surface area contributed by atoms with Crippen molar-refractivity contribution in [3.05, 3.63) is 170 Å². The number of benzene rings is 8. The number of anilines is 3. The van der Waals surface area contributed by atoms with Gasteiger partial charge in [-0.3, -0.25) is 0 Å². The van der Waals surface area contributed by atoms with E-state index in [9.17, 15) is 0 Å². The molecule has 0 saturated heterocycles. The quantitative estimate of drug-likeness (QED) is 0.191. The SMILES string of the molecule is c1ccc(N(c2ccccc2)c2ccc3sc4c(c3c2)c2ccccc2c2c3ccccc3n(-c3ccc5ccccc5c3)c42)cc1. The Hall–Kier alpha value is -5.90. The second-order valence-electron chi connectivity index (χ2n) is 12.1. The largest absolute Gasteiger partial charge is 0.310 e. The van der Waals surface area contributed by atoms with Crippen molar-refractivity contribution in [2.24, 2.45) is 0 Å². The number of thiophene rings is 1. The van der Waals surface area contributed by atoms with Crippen molar-refractivity contribution in [2.45, 2.75) is 0 Å². The average Bonchev–Trinajstić information content (AvgIpc) is 3.69. The first-order chi connectivity index (χ1) is 23.3. The summed E-state index contributed by atoms with van der Waals surface area (Å²) >= 11 is 1.91. The van der Waals surface area contributed by atoms with Gasteiger partial charge in [-0.1, -0.05) is 109 Å². The van der Waals surface area contributed by atoms with Gasteiger partial charge < -0.3 is 9.47 Å². The number of aromatic nitrogens is 1. The molecule has 220 valence electrons. The molecule has 47 heavy (non-hydrogen) atoms. The third kappa shape index (κ3) is 3.97. The molecule has 0 radical (unpaired) electrons. The normalized spacial score (nSPS) is 11.8. The van der Waals surface area contributed by atoms with Gasteiger partial charge in [0.15, 0.2) is 0 Å². The van der Waals surface area contributed by atoms with Gasteiger partial charge in [0, 0.05) is 49.0 Å². The summed E-state index contributed by atoms with van der Waals surface area (Å²) in [5, 5.41) is 10.3. The van der Waals surface area contributed by atoms with Crippen LogP contribution in [0, 0.1) is 0 Å². The second-order valence-corrected chi connectivity index (χ2v) is 13.2. The van der Waals surface area contributed by atoms with Gasteiger partial charge in [-0.25, -0.2) is 0 Å². The molecule has 0 fully saturated rings. The first kappa shape index (κ1) is 26.3. The number of hydrogen-bond acceptors (Lipinski definition) is 2. The molecule has 0 N–H and O–H groups in total. The molecular weight excluding hydrogens is 589 g/mol. The highest BCUT2D eigenvalue weighted by Crippen LogP contribution is 2.49. The van der Waals surface area contributed by atoms with Crippen molar-refractivity contribution in [3.63, 3.8) is 0 Å². The maximum absolute atomic E-state index is 2.50. The van der Waals surface area contributed by atoms with Crippen molar-refractivity contribution in [3.8, 4) is 5.69 Å². The molecule has 2 aromatic heterocycles. The standard InChI is InChI=1S/C44H28N2S/c1-3-15-31(16-4-1)45(32-17-5-2-6-18-32)34-25-26-40-38(28-34)42-36-20-10-9-19-35(36)41-37-21-11-12-22-39(37)46(43(41)44(42)47-40)33-24-23-29-13-7-8-14-30(29)27-33/h1-28H. The number of fused-ring (bicyclic) bond motifs is 11. The van der Waals surface area contributed by atoms with Crippen LogP contribution in [0.1, 0.15) is 0 Å². The molecule has 10 aromatic rings. The molecule has 0 bridgehead atoms. The van der Waals surface area contributed by atoms with Gasteiger partial charge in [0.25, 0.3) is 0 Å². The topological polar surface area (TPSA) is 8.17 Å². The Kier molecular flexibility index (Phi) is 5.78. The first-order valence-electron chi connectivity index (χ1n) is 16.0. The van der Waals surface area contributed by atoms with Crippen LogP contribution in [-0.2, 0) is 0 Å². The lowest BCUT2D eigenvalue weighted by Crippen LogP contribution is -2.09. The Balaban J connectivity index is 1.34. The molecule has 2 nitrogen and oxygen atoms in total. The van der Waals surface area contributed by atoms with E-state index in [1.165, 1.54) is 69.2 Å². The maximum atomic E-state index is 2.50. The Morgan fingerprint density at radius 2 is 1.04 bits per heavy atom. The van der Waals surface area contributed by atoms with Crippen LogP contribution in [0.25, 0.3) is 69.2 Å². The number of para-hydroxylation sites is 3. The van der Waals surface area contributed by atoms with Crippen LogP contribution in [0.3, 0.4) is 0 Å². The summed E-state index contributed by atoms with van der Waals surface area (Å²) in [4.78, 5) is 2.36. The minimum Gasteiger partial charge on any atom is -0.310 e. The van der Waals surface area contributed by atoms with Crippen molar-refractivity contribution >= 4 is 91.9 Å². The maximum Gasteiger partial charge on any atom is 0.0726 e. The molecule has 0 atom stereocenters. The monoisotopic (exact) mass is 616 g/mol. The summed E-state index contributed by atoms with van der Waals surface area (Å²) in [5.41, 5.74) is 7.12. The Bertz CT molecular complexity index is 2750. The lowest BCUT2D eigenvalue weighted by atomic mass is 9.98. The van der Waals surface area contributed by atoms with E-state index in [0.717, 1.165) is 17.1 Å². The van der Waals surface area contributed by atoms with Crippen molar-refractivity contribution in [2.75, 3.05) is 4.90 Å². The van der Waals surface area contributed by atoms with Crippen molar-refractivity contribution in [1.29, 1.82) is 0 Å². The molecule has 0 aliphatic carbocycles. The number of nitrogens with zero attached hydrogens (tertiary/aromatic N) is 2. The van der Waals surface area contributed by atoms with E-state index in [4.69, 9.17) is 0 Å². The summed E-state index contributed by atoms with van der Waals surface area (Å²) in [7, 11) is 0. The molecular formula is C44H28N2S. The van der Waals surface area contributed by atoms with Crippen molar-refractivity contribution in [1.82, 2.24) is 4.57 Å². The van der Waals surface area contributed by atoms with E-state index in [1.807, 2.05) is 11.3 Å². The molecule has 0 amide bonds. The Morgan fingerprint density at radius 1 is 0.426 bits per heavy atom. The summed E-state index contributed by atoms with van der Waals surface area (Å²) in [6.07, 6.45) is 0. The second kappa shape index (κ2) is 10.3. The zero-order chi connectivity index (χ0) is 30.9. The van der Waals surface area contributed by atoms with E-state index in [-0.39, 0.29) is 0 Å². The van der Waals surface area contributed by atoms with Gasteiger partial charge >= 0.3 is 0 Å². The lowest BCUT2D eigenvalue weighted by molar-refractivity contribution is 1.19. The summed E-state index contributed by atoms with van der Waals surface area (Å²) < 4.78 is 5.11. The van der Waals surface area contributed by atoms with Crippen LogP contribution in [0.2, 0.25) is 0 Å². The minimum atomic E-state index is 1.14. The van der Waals surface area contributed by atoms with E-state index < -0.39 is 0 Å². The Morgan fingerprint density at radius 3 is 1.79 bits per heavy atom. The van der Waals surface area contributed by atoms with Crippen LogP contribution < -0.4 is 4.90 Å². The van der Waals surface area contributed by atoms with Gasteiger partial charge in [-0.15, -0.1) is 11.3 Å². The fraction of sp³-hybridized carbons (Fsp3) is 0. The number of rotatable bonds is 4. The van der Waals surface area contributed by atoms with Crippen LogP contribution in [-0.4, -0.2) is 4.57 Å². The predicted molar refractivity (Wildman–Crippen MR) is 203 cm³/mol. The molecule has 0 aliphatic heterocycles. The average molecular weight is 617 g/mol. The zero-order valence-electron chi connectivity index (χ0n) is 25.5. The zero-order valence-corrected chi connectivity index (χ0v) is 26.3. The molecule has 2 heterocycles. The molecule has 0 spiro atoms. The summed E-state index contributed by atoms with van der Waals surface area (Å²) in [5.74, 6) is 0. The summed E-state index contributed by atoms with van der Waals surface area (Å²) in [6, 6.07) is 61.7. The molecule has 8 aromatic carbocycles. The third-order valence-corrected chi connectivity index (χ3v) is 10.7. The van der Waals surface area contributed by atoms with Crippen LogP contribution in [0.4, 0.5) is 17.1 Å². The molecule has 0 aliphatic rings. The molecule has 3 heteroatoms. The summed E-state index contributed by atoms with van der Waals surface area (Å²) in [6.45, 7) is 0. The highest BCUT2D eigenvalue weighted by atomic mass is 32.1. The number of hydrogen-bond donors (Lipinski definition) is 0. The van der Waals surface area contributed by atoms with Crippen molar-refractivity contribution < 1.29 is 0 Å². The smallest absolute Gasteiger partial charge is 0.0726 e. The van der Waals surface area contributed by atoms with Gasteiger partial charge in [-0.05, 0) is 82.2 Å². The Labute approximate surface area is 276 Å². The fourth-order valence-electron chi connectivity index (χ4n) is 7.49. The molecule has 0 saturated carbocycles. The van der Waals surface area contributed by atoms with E-state index in [1.54, 1.807) is 0 Å². The predicted octanol–water partition coefficient (Wildman–Crippen LogP) is 12.9. The van der Waals surface area contributed by atoms with E-state index >= 15 is 0 Å². The van der Waals surface area contributed by atoms with E-state index in [2.05, 4.69) is 179 Å². The highest BCUT2D eigenvalue weighted by molar-refractivity contribution is 7.27. The third-order valence-electron chi connectivity index (χ3n) is 9.51. The van der Waals surface area contributed by atoms with Gasteiger partial charge in [0.2, 0.25) is 0 Å². The fourth-order valence-corrected chi connectivity index (χ4v) is 8.73. The van der Waals surface area contributed by atoms with Gasteiger partial charge in [-0.2, -0.15) is 0 Å². The van der Waals surface area contributed by atoms with E-state index in [0.29, 0.717) is 0 Å². The van der Waals surface area contributed by atoms with Crippen LogP contribution >= 0.6 is 11.3 Å². The lowest BCUT2D eigenvalue weighted by Gasteiger charge is -2.25. The van der Waals surface area contributed by atoms with Gasteiger partial charge in [0.1, 0.15) is 0 Å². The molecule has 10 rings (SSSR count). The highest BCUT2D eigenvalue weighted by Gasteiger charge is 2.22. The molecule has 0 unspecified atom stereocenters. The minimum absolute atomic E-state index is 1.14. The van der Waals surface area contributed by atoms with Crippen LogP contribution in [0.5, 0.6) is 0 Å². The van der Waals surface area contributed by atoms with Gasteiger partial charge in [0.05, 0.1) is 15.7 Å². The van der Waals surface area contributed by atoms with Crippen LogP contribution in [0.15, 0.2) is 170 Å².